The molecule has 22 heavy (non-hydrogen) atoms. The first kappa shape index (κ1) is 15.0. The molecule has 0 spiro atoms. The van der Waals surface area contributed by atoms with Crippen LogP contribution in [0.5, 0.6) is 5.75 Å². The van der Waals surface area contributed by atoms with Gasteiger partial charge in [0.25, 0.3) is 0 Å². The van der Waals surface area contributed by atoms with Gasteiger partial charge in [-0.05, 0) is 32.3 Å². The van der Waals surface area contributed by atoms with Crippen molar-refractivity contribution in [1.29, 1.82) is 0 Å². The molecule has 0 radical (unpaired) electrons. The number of nitrogens with zero attached hydrogens (tertiary/aromatic N) is 1. The zero-order valence-corrected chi connectivity index (χ0v) is 13.7. The molecule has 1 N–H and O–H groups in total. The van der Waals surface area contributed by atoms with Crippen LogP contribution < -0.4 is 10.1 Å². The van der Waals surface area contributed by atoms with Crippen molar-refractivity contribution in [2.45, 2.75) is 32.7 Å². The minimum Gasteiger partial charge on any atom is -0.496 e. The van der Waals surface area contributed by atoms with E-state index < -0.39 is 0 Å². The third-order valence-electron chi connectivity index (χ3n) is 4.06. The Kier molecular flexibility index (Phi) is 4.43. The third-order valence-corrected chi connectivity index (χ3v) is 5.10. The minimum atomic E-state index is 0.0575. The van der Waals surface area contributed by atoms with Gasteiger partial charge in [-0.2, -0.15) is 0 Å². The molecule has 1 unspecified atom stereocenters. The molecule has 3 rings (SSSR count). The van der Waals surface area contributed by atoms with Gasteiger partial charge in [0.1, 0.15) is 5.75 Å². The average Bonchev–Trinajstić information content (AvgIpc) is 2.91. The van der Waals surface area contributed by atoms with Gasteiger partial charge in [0.2, 0.25) is 5.91 Å². The van der Waals surface area contributed by atoms with E-state index in [4.69, 9.17) is 4.74 Å². The summed E-state index contributed by atoms with van der Waals surface area (Å²) in [6.07, 6.45) is 2.61. The SMILES string of the molecule is COc1ccccc1CNC(=O)C1CCc2nc(C)sc2C1. The number of aryl methyl sites for hydroxylation is 2. The van der Waals surface area contributed by atoms with Crippen molar-refractivity contribution >= 4 is 17.2 Å². The van der Waals surface area contributed by atoms with E-state index in [-0.39, 0.29) is 11.8 Å². The van der Waals surface area contributed by atoms with Gasteiger partial charge in [0.15, 0.2) is 0 Å². The quantitative estimate of drug-likeness (QED) is 0.943. The van der Waals surface area contributed by atoms with Crippen molar-refractivity contribution in [2.75, 3.05) is 7.11 Å². The number of amides is 1. The number of nitrogens with one attached hydrogen (secondary N) is 1. The van der Waals surface area contributed by atoms with Crippen LogP contribution >= 0.6 is 11.3 Å². The van der Waals surface area contributed by atoms with Crippen molar-refractivity contribution in [1.82, 2.24) is 10.3 Å². The van der Waals surface area contributed by atoms with E-state index in [1.165, 1.54) is 10.6 Å². The number of methoxy groups -OCH3 is 1. The fourth-order valence-corrected chi connectivity index (χ4v) is 3.97. The van der Waals surface area contributed by atoms with Gasteiger partial charge in [-0.1, -0.05) is 18.2 Å². The van der Waals surface area contributed by atoms with Crippen LogP contribution in [0.3, 0.4) is 0 Å². The maximum absolute atomic E-state index is 12.4. The lowest BCUT2D eigenvalue weighted by Crippen LogP contribution is -2.33. The number of hydrogen-bond acceptors (Lipinski definition) is 4. The van der Waals surface area contributed by atoms with E-state index >= 15 is 0 Å². The average molecular weight is 316 g/mol. The predicted octanol–water partition coefficient (Wildman–Crippen LogP) is 2.88. The molecule has 5 heteroatoms. The topological polar surface area (TPSA) is 51.2 Å². The summed E-state index contributed by atoms with van der Waals surface area (Å²) in [5.41, 5.74) is 2.19. The number of rotatable bonds is 4. The number of carbonyl (C=O) groups is 1. The van der Waals surface area contributed by atoms with Gasteiger partial charge >= 0.3 is 0 Å². The summed E-state index contributed by atoms with van der Waals surface area (Å²) >= 11 is 1.72. The Morgan fingerprint density at radius 2 is 2.27 bits per heavy atom. The number of thiazole rings is 1. The van der Waals surface area contributed by atoms with Crippen LogP contribution in [0.25, 0.3) is 0 Å². The summed E-state index contributed by atoms with van der Waals surface area (Å²) in [5, 5.41) is 4.14. The van der Waals surface area contributed by atoms with Gasteiger partial charge < -0.3 is 10.1 Å². The number of hydrogen-bond donors (Lipinski definition) is 1. The lowest BCUT2D eigenvalue weighted by atomic mass is 9.90. The van der Waals surface area contributed by atoms with Gasteiger partial charge in [0.05, 0.1) is 17.8 Å². The normalized spacial score (nSPS) is 16.9. The van der Waals surface area contributed by atoms with Crippen molar-refractivity contribution < 1.29 is 9.53 Å². The van der Waals surface area contributed by atoms with Crippen LogP contribution in [-0.2, 0) is 24.2 Å². The van der Waals surface area contributed by atoms with E-state index in [1.54, 1.807) is 18.4 Å². The first-order valence-electron chi connectivity index (χ1n) is 7.52. The second-order valence-electron chi connectivity index (χ2n) is 5.57. The molecule has 1 aliphatic carbocycles. The molecule has 1 atom stereocenters. The Hall–Kier alpha value is -1.88. The molecule has 0 saturated carbocycles. The molecule has 1 amide bonds. The largest absolute Gasteiger partial charge is 0.496 e. The molecule has 116 valence electrons. The number of benzene rings is 1. The van der Waals surface area contributed by atoms with Crippen LogP contribution in [0.4, 0.5) is 0 Å². The maximum Gasteiger partial charge on any atom is 0.223 e. The number of ether oxygens (including phenoxy) is 1. The molecule has 1 heterocycles. The van der Waals surface area contributed by atoms with Crippen LogP contribution in [-0.4, -0.2) is 18.0 Å². The van der Waals surface area contributed by atoms with Crippen LogP contribution in [0.1, 0.15) is 27.6 Å². The zero-order chi connectivity index (χ0) is 15.5. The number of para-hydroxylation sites is 1. The Bertz CT molecular complexity index is 681. The zero-order valence-electron chi connectivity index (χ0n) is 12.9. The van der Waals surface area contributed by atoms with Crippen molar-refractivity contribution in [3.05, 3.63) is 45.4 Å². The number of fused-ring (bicyclic) bond motifs is 1. The first-order valence-corrected chi connectivity index (χ1v) is 8.34. The van der Waals surface area contributed by atoms with Gasteiger partial charge in [-0.25, -0.2) is 4.98 Å². The molecule has 1 aromatic carbocycles. The molecular weight excluding hydrogens is 296 g/mol. The Morgan fingerprint density at radius 3 is 3.09 bits per heavy atom. The van der Waals surface area contributed by atoms with E-state index in [2.05, 4.69) is 10.3 Å². The lowest BCUT2D eigenvalue weighted by molar-refractivity contribution is -0.125. The predicted molar refractivity (Wildman–Crippen MR) is 87.2 cm³/mol. The highest BCUT2D eigenvalue weighted by Crippen LogP contribution is 2.30. The van der Waals surface area contributed by atoms with E-state index in [1.807, 2.05) is 31.2 Å². The standard InChI is InChI=1S/C17H20N2O2S/c1-11-19-14-8-7-12(9-16(14)22-11)17(20)18-10-13-5-3-4-6-15(13)21-2/h3-6,12H,7-10H2,1-2H3,(H,18,20). The summed E-state index contributed by atoms with van der Waals surface area (Å²) in [5.74, 6) is 0.997. The fraction of sp³-hybridized carbons (Fsp3) is 0.412. The molecule has 0 aliphatic heterocycles. The van der Waals surface area contributed by atoms with Crippen LogP contribution in [0, 0.1) is 12.8 Å². The third kappa shape index (κ3) is 3.14. The van der Waals surface area contributed by atoms with E-state index in [0.717, 1.165) is 35.6 Å². The number of aromatic nitrogens is 1. The van der Waals surface area contributed by atoms with Crippen molar-refractivity contribution in [3.63, 3.8) is 0 Å². The molecule has 1 aromatic heterocycles. The molecule has 0 bridgehead atoms. The fourth-order valence-electron chi connectivity index (χ4n) is 2.90. The summed E-state index contributed by atoms with van der Waals surface area (Å²) < 4.78 is 5.31. The highest BCUT2D eigenvalue weighted by atomic mass is 32.1. The Labute approximate surface area is 134 Å². The van der Waals surface area contributed by atoms with E-state index in [9.17, 15) is 4.79 Å². The van der Waals surface area contributed by atoms with Gasteiger partial charge in [-0.15, -0.1) is 11.3 Å². The highest BCUT2D eigenvalue weighted by molar-refractivity contribution is 7.11. The van der Waals surface area contributed by atoms with E-state index in [0.29, 0.717) is 6.54 Å². The second-order valence-corrected chi connectivity index (χ2v) is 6.86. The monoisotopic (exact) mass is 316 g/mol. The smallest absolute Gasteiger partial charge is 0.223 e. The minimum absolute atomic E-state index is 0.0575. The molecule has 4 nitrogen and oxygen atoms in total. The number of carbonyl (C=O) groups excluding carboxylic acids is 1. The molecular formula is C17H20N2O2S. The molecule has 1 aliphatic rings. The first-order chi connectivity index (χ1) is 10.7. The Balaban J connectivity index is 1.61. The molecule has 2 aromatic rings. The summed E-state index contributed by atoms with van der Waals surface area (Å²) in [6.45, 7) is 2.54. The van der Waals surface area contributed by atoms with Crippen molar-refractivity contribution in [2.24, 2.45) is 5.92 Å². The van der Waals surface area contributed by atoms with Gasteiger partial charge in [0, 0.05) is 22.9 Å². The maximum atomic E-state index is 12.4. The van der Waals surface area contributed by atoms with Crippen molar-refractivity contribution in [3.8, 4) is 5.75 Å². The Morgan fingerprint density at radius 1 is 1.45 bits per heavy atom. The summed E-state index contributed by atoms with van der Waals surface area (Å²) in [4.78, 5) is 18.2. The summed E-state index contributed by atoms with van der Waals surface area (Å²) in [6, 6.07) is 7.77. The molecule has 0 fully saturated rings. The van der Waals surface area contributed by atoms with Gasteiger partial charge in [-0.3, -0.25) is 4.79 Å². The molecule has 0 saturated heterocycles. The second kappa shape index (κ2) is 6.48. The highest BCUT2D eigenvalue weighted by Gasteiger charge is 2.26. The van der Waals surface area contributed by atoms with Crippen LogP contribution in [0.2, 0.25) is 0 Å². The summed E-state index contributed by atoms with van der Waals surface area (Å²) in [7, 11) is 1.65. The van der Waals surface area contributed by atoms with Crippen LogP contribution in [0.15, 0.2) is 24.3 Å². The lowest BCUT2D eigenvalue weighted by Gasteiger charge is -2.20.